The molecule has 1 N–H and O–H groups in total. The van der Waals surface area contributed by atoms with Gasteiger partial charge in [-0.15, -0.1) is 0 Å². The van der Waals surface area contributed by atoms with Gasteiger partial charge in [-0.2, -0.15) is 0 Å². The Morgan fingerprint density at radius 3 is 2.50 bits per heavy atom. The largest absolute Gasteiger partial charge is 0.370 e. The molecule has 1 fully saturated rings. The lowest BCUT2D eigenvalue weighted by atomic mass is 10.0. The lowest BCUT2D eigenvalue weighted by molar-refractivity contribution is 0.803. The van der Waals surface area contributed by atoms with Crippen molar-refractivity contribution in [2.24, 2.45) is 0 Å². The van der Waals surface area contributed by atoms with Crippen LogP contribution in [0.15, 0.2) is 0 Å². The number of rotatable bonds is 4. The van der Waals surface area contributed by atoms with E-state index in [2.05, 4.69) is 43.0 Å². The van der Waals surface area contributed by atoms with Gasteiger partial charge >= 0.3 is 0 Å². The first kappa shape index (κ1) is 11.4. The molecule has 2 rings (SSSR count). The van der Waals surface area contributed by atoms with Gasteiger partial charge < -0.3 is 5.32 Å². The first-order valence-electron chi connectivity index (χ1n) is 6.25. The van der Waals surface area contributed by atoms with Crippen molar-refractivity contribution in [2.45, 2.75) is 52.4 Å². The predicted molar refractivity (Wildman–Crippen MR) is 67.0 cm³/mol. The van der Waals surface area contributed by atoms with Crippen molar-refractivity contribution in [2.75, 3.05) is 11.9 Å². The van der Waals surface area contributed by atoms with Crippen molar-refractivity contribution in [1.29, 1.82) is 0 Å². The Kier molecular flexibility index (Phi) is 3.13. The molecule has 1 aliphatic rings. The average molecular weight is 219 g/mol. The SMILES string of the molecule is CCNc1nc(C2CC2)nc(C)c1C(C)C. The Morgan fingerprint density at radius 2 is 2.00 bits per heavy atom. The van der Waals surface area contributed by atoms with Crippen molar-refractivity contribution in [3.63, 3.8) is 0 Å². The average Bonchev–Trinajstić information content (AvgIpc) is 2.99. The van der Waals surface area contributed by atoms with Crippen molar-refractivity contribution in [3.8, 4) is 0 Å². The molecule has 0 unspecified atom stereocenters. The molecule has 1 aromatic rings. The van der Waals surface area contributed by atoms with Gasteiger partial charge in [-0.05, 0) is 32.6 Å². The number of nitrogens with one attached hydrogen (secondary N) is 1. The van der Waals surface area contributed by atoms with Gasteiger partial charge in [0.15, 0.2) is 0 Å². The molecule has 0 aromatic carbocycles. The minimum Gasteiger partial charge on any atom is -0.370 e. The van der Waals surface area contributed by atoms with Gasteiger partial charge in [0, 0.05) is 23.7 Å². The minimum atomic E-state index is 0.474. The molecule has 1 aromatic heterocycles. The van der Waals surface area contributed by atoms with E-state index in [1.54, 1.807) is 0 Å². The summed E-state index contributed by atoms with van der Waals surface area (Å²) in [6, 6.07) is 0. The number of aromatic nitrogens is 2. The van der Waals surface area contributed by atoms with Gasteiger partial charge in [-0.1, -0.05) is 13.8 Å². The van der Waals surface area contributed by atoms with Crippen LogP contribution in [0.3, 0.4) is 0 Å². The van der Waals surface area contributed by atoms with Gasteiger partial charge in [-0.3, -0.25) is 0 Å². The standard InChI is InChI=1S/C13H21N3/c1-5-14-13-11(8(2)3)9(4)15-12(16-13)10-6-7-10/h8,10H,5-7H2,1-4H3,(H,14,15,16). The summed E-state index contributed by atoms with van der Waals surface area (Å²) in [4.78, 5) is 9.33. The smallest absolute Gasteiger partial charge is 0.134 e. The maximum Gasteiger partial charge on any atom is 0.134 e. The molecule has 0 aliphatic heterocycles. The molecule has 88 valence electrons. The van der Waals surface area contributed by atoms with E-state index in [0.29, 0.717) is 11.8 Å². The van der Waals surface area contributed by atoms with Crippen LogP contribution in [-0.4, -0.2) is 16.5 Å². The molecular weight excluding hydrogens is 198 g/mol. The highest BCUT2D eigenvalue weighted by Gasteiger charge is 2.28. The van der Waals surface area contributed by atoms with Crippen LogP contribution in [0.25, 0.3) is 0 Å². The number of aryl methyl sites for hydroxylation is 1. The summed E-state index contributed by atoms with van der Waals surface area (Å²) in [6.07, 6.45) is 2.51. The fourth-order valence-corrected chi connectivity index (χ4v) is 2.12. The number of hydrogen-bond donors (Lipinski definition) is 1. The molecule has 1 saturated carbocycles. The van der Waals surface area contributed by atoms with E-state index in [1.807, 2.05) is 0 Å². The first-order chi connectivity index (χ1) is 7.63. The third-order valence-corrected chi connectivity index (χ3v) is 3.02. The minimum absolute atomic E-state index is 0.474. The summed E-state index contributed by atoms with van der Waals surface area (Å²) in [5.41, 5.74) is 2.41. The van der Waals surface area contributed by atoms with Crippen LogP contribution < -0.4 is 5.32 Å². The second kappa shape index (κ2) is 4.40. The maximum atomic E-state index is 4.68. The zero-order valence-electron chi connectivity index (χ0n) is 10.7. The molecule has 0 atom stereocenters. The third-order valence-electron chi connectivity index (χ3n) is 3.02. The summed E-state index contributed by atoms with van der Waals surface area (Å²) in [7, 11) is 0. The molecule has 0 spiro atoms. The fourth-order valence-electron chi connectivity index (χ4n) is 2.12. The lowest BCUT2D eigenvalue weighted by Crippen LogP contribution is -2.10. The highest BCUT2D eigenvalue weighted by atomic mass is 15.0. The first-order valence-corrected chi connectivity index (χ1v) is 6.25. The summed E-state index contributed by atoms with van der Waals surface area (Å²) < 4.78 is 0. The second-order valence-electron chi connectivity index (χ2n) is 4.89. The van der Waals surface area contributed by atoms with Gasteiger partial charge in [0.05, 0.1) is 0 Å². The molecule has 0 bridgehead atoms. The van der Waals surface area contributed by atoms with Gasteiger partial charge in [-0.25, -0.2) is 9.97 Å². The topological polar surface area (TPSA) is 37.8 Å². The Bertz CT molecular complexity index is 381. The van der Waals surface area contributed by atoms with Crippen LogP contribution in [-0.2, 0) is 0 Å². The normalized spacial score (nSPS) is 15.6. The molecule has 0 saturated heterocycles. The number of anilines is 1. The Hall–Kier alpha value is -1.12. The maximum absolute atomic E-state index is 4.68. The van der Waals surface area contributed by atoms with Crippen LogP contribution in [0, 0.1) is 6.92 Å². The summed E-state index contributed by atoms with van der Waals surface area (Å²) in [6.45, 7) is 9.52. The fraction of sp³-hybridized carbons (Fsp3) is 0.692. The molecule has 3 nitrogen and oxygen atoms in total. The van der Waals surface area contributed by atoms with Gasteiger partial charge in [0.1, 0.15) is 11.6 Å². The Balaban J connectivity index is 2.42. The quantitative estimate of drug-likeness (QED) is 0.845. The summed E-state index contributed by atoms with van der Waals surface area (Å²) in [5.74, 6) is 3.18. The van der Waals surface area contributed by atoms with Crippen LogP contribution in [0.4, 0.5) is 5.82 Å². The van der Waals surface area contributed by atoms with Crippen molar-refractivity contribution in [1.82, 2.24) is 9.97 Å². The van der Waals surface area contributed by atoms with Crippen LogP contribution in [0.1, 0.15) is 62.5 Å². The third kappa shape index (κ3) is 2.18. The Labute approximate surface area is 97.7 Å². The van der Waals surface area contributed by atoms with E-state index in [4.69, 9.17) is 0 Å². The number of hydrogen-bond acceptors (Lipinski definition) is 3. The molecule has 1 aliphatic carbocycles. The molecule has 0 amide bonds. The predicted octanol–water partition coefficient (Wildman–Crippen LogP) is 3.22. The molecule has 3 heteroatoms. The zero-order valence-corrected chi connectivity index (χ0v) is 10.7. The van der Waals surface area contributed by atoms with E-state index < -0.39 is 0 Å². The Morgan fingerprint density at radius 1 is 1.31 bits per heavy atom. The van der Waals surface area contributed by atoms with Gasteiger partial charge in [0.25, 0.3) is 0 Å². The zero-order chi connectivity index (χ0) is 11.7. The summed E-state index contributed by atoms with van der Waals surface area (Å²) in [5, 5.41) is 3.37. The monoisotopic (exact) mass is 219 g/mol. The van der Waals surface area contributed by atoms with E-state index in [0.717, 1.165) is 23.9 Å². The summed E-state index contributed by atoms with van der Waals surface area (Å²) >= 11 is 0. The second-order valence-corrected chi connectivity index (χ2v) is 4.89. The molecule has 1 heterocycles. The van der Waals surface area contributed by atoms with Crippen molar-refractivity contribution in [3.05, 3.63) is 17.1 Å². The van der Waals surface area contributed by atoms with Crippen molar-refractivity contribution < 1.29 is 0 Å². The molecule has 0 radical (unpaired) electrons. The van der Waals surface area contributed by atoms with Gasteiger partial charge in [0.2, 0.25) is 0 Å². The molecular formula is C13H21N3. The lowest BCUT2D eigenvalue weighted by Gasteiger charge is -2.16. The van der Waals surface area contributed by atoms with E-state index in [-0.39, 0.29) is 0 Å². The van der Waals surface area contributed by atoms with Crippen LogP contribution >= 0.6 is 0 Å². The van der Waals surface area contributed by atoms with E-state index >= 15 is 0 Å². The highest BCUT2D eigenvalue weighted by Crippen LogP contribution is 2.39. The van der Waals surface area contributed by atoms with Crippen LogP contribution in [0.2, 0.25) is 0 Å². The van der Waals surface area contributed by atoms with E-state index in [1.165, 1.54) is 18.4 Å². The van der Waals surface area contributed by atoms with E-state index in [9.17, 15) is 0 Å². The van der Waals surface area contributed by atoms with Crippen LogP contribution in [0.5, 0.6) is 0 Å². The number of nitrogens with zero attached hydrogens (tertiary/aromatic N) is 2. The van der Waals surface area contributed by atoms with Crippen molar-refractivity contribution >= 4 is 5.82 Å². The molecule has 16 heavy (non-hydrogen) atoms. The highest BCUT2D eigenvalue weighted by molar-refractivity contribution is 5.48.